The molecule has 0 atom stereocenters. The van der Waals surface area contributed by atoms with Gasteiger partial charge in [0.1, 0.15) is 0 Å². The Balaban J connectivity index is 1.76. The van der Waals surface area contributed by atoms with Gasteiger partial charge in [-0.25, -0.2) is 0 Å². The van der Waals surface area contributed by atoms with Gasteiger partial charge in [-0.1, -0.05) is 85.0 Å². The van der Waals surface area contributed by atoms with Crippen molar-refractivity contribution in [1.82, 2.24) is 0 Å². The lowest BCUT2D eigenvalue weighted by Gasteiger charge is -2.32. The van der Waals surface area contributed by atoms with E-state index in [1.807, 2.05) is 0 Å². The van der Waals surface area contributed by atoms with Crippen LogP contribution in [0, 0.1) is 0 Å². The van der Waals surface area contributed by atoms with Crippen LogP contribution < -0.4 is 0 Å². The zero-order valence-electron chi connectivity index (χ0n) is 17.3. The van der Waals surface area contributed by atoms with Crippen LogP contribution in [-0.4, -0.2) is 16.6 Å². The summed E-state index contributed by atoms with van der Waals surface area (Å²) in [5.41, 5.74) is 2.74. The number of allylic oxidation sites excluding steroid dienone is 4. The molecule has 0 saturated heterocycles. The molecule has 0 amide bonds. The molecule has 0 aliphatic heterocycles. The fourth-order valence-corrected chi connectivity index (χ4v) is 11.4. The summed E-state index contributed by atoms with van der Waals surface area (Å²) in [6.07, 6.45) is 11.3. The average Bonchev–Trinajstić information content (AvgIpc) is 2.63. The lowest BCUT2D eigenvalue weighted by molar-refractivity contribution is 0.548. The Hall–Kier alpha value is -1.69. The van der Waals surface area contributed by atoms with Crippen molar-refractivity contribution in [2.75, 3.05) is 0 Å². The third-order valence-electron chi connectivity index (χ3n) is 4.50. The van der Waals surface area contributed by atoms with E-state index < -0.39 is 16.6 Å². The van der Waals surface area contributed by atoms with Crippen LogP contribution in [0.25, 0.3) is 0 Å². The normalized spacial score (nSPS) is 12.9. The SMILES string of the molecule is C[Si](C)(C/C=C/Cc1ccccc1)O[Si](C)(C)C/C=C/Cc1ccccc1. The molecule has 27 heavy (non-hydrogen) atoms. The topological polar surface area (TPSA) is 9.23 Å². The number of rotatable bonds is 10. The van der Waals surface area contributed by atoms with Crippen molar-refractivity contribution in [1.29, 1.82) is 0 Å². The van der Waals surface area contributed by atoms with Crippen LogP contribution in [0.5, 0.6) is 0 Å². The molecule has 0 fully saturated rings. The van der Waals surface area contributed by atoms with E-state index in [0.29, 0.717) is 0 Å². The maximum absolute atomic E-state index is 6.71. The van der Waals surface area contributed by atoms with Gasteiger partial charge < -0.3 is 4.12 Å². The van der Waals surface area contributed by atoms with Crippen molar-refractivity contribution in [2.45, 2.75) is 51.1 Å². The number of hydrogen-bond donors (Lipinski definition) is 0. The van der Waals surface area contributed by atoms with E-state index in [1.54, 1.807) is 0 Å². The van der Waals surface area contributed by atoms with E-state index in [9.17, 15) is 0 Å². The molecular formula is C24H34OSi2. The summed E-state index contributed by atoms with van der Waals surface area (Å²) in [7, 11) is -3.32. The summed E-state index contributed by atoms with van der Waals surface area (Å²) < 4.78 is 6.71. The molecule has 0 bridgehead atoms. The van der Waals surface area contributed by atoms with Gasteiger partial charge in [-0.05, 0) is 62.2 Å². The van der Waals surface area contributed by atoms with Gasteiger partial charge in [-0.2, -0.15) is 0 Å². The molecule has 0 spiro atoms. The van der Waals surface area contributed by atoms with Crippen LogP contribution in [0.2, 0.25) is 38.3 Å². The highest BCUT2D eigenvalue weighted by Gasteiger charge is 2.31. The van der Waals surface area contributed by atoms with E-state index in [-0.39, 0.29) is 0 Å². The first-order valence-electron chi connectivity index (χ1n) is 9.94. The maximum atomic E-state index is 6.71. The molecule has 2 aromatic carbocycles. The van der Waals surface area contributed by atoms with Crippen molar-refractivity contribution in [3.05, 3.63) is 96.1 Å². The molecular weight excluding hydrogens is 360 g/mol. The summed E-state index contributed by atoms with van der Waals surface area (Å²) in [5, 5.41) is 0. The third-order valence-corrected chi connectivity index (χ3v) is 11.4. The highest BCUT2D eigenvalue weighted by Crippen LogP contribution is 2.22. The van der Waals surface area contributed by atoms with Crippen LogP contribution >= 0.6 is 0 Å². The standard InChI is InChI=1S/C24H34OSi2/c1-26(2,21-13-11-19-23-15-7-5-8-16-23)25-27(3,4)22-14-12-20-24-17-9-6-10-18-24/h5-18H,19-22H2,1-4H3/b13-11+,14-12+. The first-order chi connectivity index (χ1) is 12.9. The predicted molar refractivity (Wildman–Crippen MR) is 124 cm³/mol. The second-order valence-corrected chi connectivity index (χ2v) is 17.0. The van der Waals surface area contributed by atoms with Gasteiger partial charge in [-0.15, -0.1) is 0 Å². The van der Waals surface area contributed by atoms with Crippen LogP contribution in [0.1, 0.15) is 11.1 Å². The largest absolute Gasteiger partial charge is 0.455 e. The number of benzene rings is 2. The van der Waals surface area contributed by atoms with Crippen molar-refractivity contribution in [2.24, 2.45) is 0 Å². The van der Waals surface area contributed by atoms with Crippen molar-refractivity contribution >= 4 is 16.6 Å². The fourth-order valence-electron chi connectivity index (χ4n) is 3.23. The summed E-state index contributed by atoms with van der Waals surface area (Å²) >= 11 is 0. The van der Waals surface area contributed by atoms with Crippen LogP contribution in [0.15, 0.2) is 85.0 Å². The van der Waals surface area contributed by atoms with E-state index in [1.165, 1.54) is 11.1 Å². The predicted octanol–water partition coefficient (Wildman–Crippen LogP) is 7.01. The van der Waals surface area contributed by atoms with Gasteiger partial charge in [0.15, 0.2) is 16.6 Å². The van der Waals surface area contributed by atoms with Crippen LogP contribution in [0.4, 0.5) is 0 Å². The zero-order valence-corrected chi connectivity index (χ0v) is 19.3. The fraction of sp³-hybridized carbons (Fsp3) is 0.333. The van der Waals surface area contributed by atoms with E-state index in [0.717, 1.165) is 24.9 Å². The molecule has 0 radical (unpaired) electrons. The van der Waals surface area contributed by atoms with Gasteiger partial charge in [0.05, 0.1) is 0 Å². The lowest BCUT2D eigenvalue weighted by Crippen LogP contribution is -2.43. The molecule has 0 N–H and O–H groups in total. The molecule has 0 saturated carbocycles. The second-order valence-electron chi connectivity index (χ2n) is 8.35. The summed E-state index contributed by atoms with van der Waals surface area (Å²) in [6.45, 7) is 9.40. The van der Waals surface area contributed by atoms with Gasteiger partial charge in [0.25, 0.3) is 0 Å². The Bertz CT molecular complexity index is 655. The van der Waals surface area contributed by atoms with Gasteiger partial charge >= 0.3 is 0 Å². The highest BCUT2D eigenvalue weighted by molar-refractivity contribution is 6.85. The minimum Gasteiger partial charge on any atom is -0.455 e. The van der Waals surface area contributed by atoms with E-state index in [2.05, 4.69) is 111 Å². The highest BCUT2D eigenvalue weighted by atomic mass is 28.4. The van der Waals surface area contributed by atoms with Gasteiger partial charge in [0.2, 0.25) is 0 Å². The minimum atomic E-state index is -1.66. The van der Waals surface area contributed by atoms with E-state index in [4.69, 9.17) is 4.12 Å². The zero-order chi connectivity index (χ0) is 19.6. The first-order valence-corrected chi connectivity index (χ1v) is 16.2. The Morgan fingerprint density at radius 2 is 0.963 bits per heavy atom. The molecule has 0 aliphatic rings. The minimum absolute atomic E-state index is 1.01. The molecule has 2 aromatic rings. The molecule has 0 aromatic heterocycles. The molecule has 0 heterocycles. The van der Waals surface area contributed by atoms with Crippen molar-refractivity contribution in [3.8, 4) is 0 Å². The Morgan fingerprint density at radius 1 is 0.593 bits per heavy atom. The van der Waals surface area contributed by atoms with E-state index >= 15 is 0 Å². The monoisotopic (exact) mass is 394 g/mol. The van der Waals surface area contributed by atoms with Crippen molar-refractivity contribution in [3.63, 3.8) is 0 Å². The second kappa shape index (κ2) is 10.6. The smallest absolute Gasteiger partial charge is 0.177 e. The Morgan fingerprint density at radius 3 is 1.33 bits per heavy atom. The van der Waals surface area contributed by atoms with Gasteiger partial charge in [-0.3, -0.25) is 0 Å². The molecule has 0 aliphatic carbocycles. The molecule has 3 heteroatoms. The number of hydrogen-bond acceptors (Lipinski definition) is 1. The maximum Gasteiger partial charge on any atom is 0.177 e. The first kappa shape index (κ1) is 21.6. The molecule has 0 unspecified atom stereocenters. The summed E-state index contributed by atoms with van der Waals surface area (Å²) in [5.74, 6) is 0. The lowest BCUT2D eigenvalue weighted by atomic mass is 10.1. The molecule has 1 nitrogen and oxygen atoms in total. The summed E-state index contributed by atoms with van der Waals surface area (Å²) in [6, 6.07) is 23.4. The van der Waals surface area contributed by atoms with Crippen LogP contribution in [-0.2, 0) is 17.0 Å². The van der Waals surface area contributed by atoms with Crippen LogP contribution in [0.3, 0.4) is 0 Å². The summed E-state index contributed by atoms with van der Waals surface area (Å²) in [4.78, 5) is 0. The average molecular weight is 395 g/mol. The van der Waals surface area contributed by atoms with Gasteiger partial charge in [0, 0.05) is 0 Å². The third kappa shape index (κ3) is 9.18. The quantitative estimate of drug-likeness (QED) is 0.311. The molecule has 2 rings (SSSR count). The molecule has 144 valence electrons. The Labute approximate surface area is 168 Å². The Kier molecular flexibility index (Phi) is 8.48. The van der Waals surface area contributed by atoms with Crippen molar-refractivity contribution < 1.29 is 4.12 Å².